The first kappa shape index (κ1) is 15.6. The summed E-state index contributed by atoms with van der Waals surface area (Å²) in [5, 5.41) is 0. The van der Waals surface area contributed by atoms with Gasteiger partial charge in [-0.2, -0.15) is 0 Å². The van der Waals surface area contributed by atoms with Gasteiger partial charge >= 0.3 is 0 Å². The van der Waals surface area contributed by atoms with Crippen molar-refractivity contribution in [2.45, 2.75) is 71.5 Å². The zero-order chi connectivity index (χ0) is 13.4. The third kappa shape index (κ3) is 3.55. The third-order valence-corrected chi connectivity index (χ3v) is 3.74. The summed E-state index contributed by atoms with van der Waals surface area (Å²) >= 11 is 0. The molecule has 1 heterocycles. The average molecular weight is 256 g/mol. The summed E-state index contributed by atoms with van der Waals surface area (Å²) in [5.74, 6) is -0.215. The van der Waals surface area contributed by atoms with Crippen LogP contribution in [-0.2, 0) is 14.3 Å². The summed E-state index contributed by atoms with van der Waals surface area (Å²) in [4.78, 5) is 12.0. The third-order valence-electron chi connectivity index (χ3n) is 3.74. The summed E-state index contributed by atoms with van der Waals surface area (Å²) in [5.41, 5.74) is 0. The molecule has 0 spiro atoms. The highest BCUT2D eigenvalue weighted by molar-refractivity contribution is 5.82. The van der Waals surface area contributed by atoms with Crippen LogP contribution < -0.4 is 0 Å². The highest BCUT2D eigenvalue weighted by atomic mass is 16.7. The van der Waals surface area contributed by atoms with Gasteiger partial charge in [0, 0.05) is 12.8 Å². The summed E-state index contributed by atoms with van der Waals surface area (Å²) in [6.07, 6.45) is 6.91. The Morgan fingerprint density at radius 1 is 1.22 bits per heavy atom. The molecule has 0 N–H and O–H groups in total. The van der Waals surface area contributed by atoms with Crippen molar-refractivity contribution in [1.29, 1.82) is 0 Å². The Morgan fingerprint density at radius 3 is 2.44 bits per heavy atom. The van der Waals surface area contributed by atoms with E-state index in [-0.39, 0.29) is 5.92 Å². The van der Waals surface area contributed by atoms with E-state index in [0.29, 0.717) is 25.4 Å². The van der Waals surface area contributed by atoms with E-state index in [0.717, 1.165) is 38.5 Å². The predicted molar refractivity (Wildman–Crippen MR) is 72.5 cm³/mol. The Kier molecular flexibility index (Phi) is 6.87. The van der Waals surface area contributed by atoms with Crippen LogP contribution in [0.3, 0.4) is 0 Å². The lowest BCUT2D eigenvalue weighted by Gasteiger charge is -2.36. The topological polar surface area (TPSA) is 35.5 Å². The van der Waals surface area contributed by atoms with E-state index in [1.54, 1.807) is 0 Å². The summed E-state index contributed by atoms with van der Waals surface area (Å²) in [7, 11) is 0. The second-order valence-electron chi connectivity index (χ2n) is 4.88. The molecule has 0 aromatic rings. The van der Waals surface area contributed by atoms with Gasteiger partial charge in [-0.3, -0.25) is 4.79 Å². The quantitative estimate of drug-likeness (QED) is 0.769. The van der Waals surface area contributed by atoms with Crippen LogP contribution in [0.5, 0.6) is 0 Å². The Morgan fingerprint density at radius 2 is 1.89 bits per heavy atom. The Balaban J connectivity index is 0.000000771. The molecule has 0 aromatic heterocycles. The molecular weight excluding hydrogens is 228 g/mol. The first-order valence-corrected chi connectivity index (χ1v) is 7.59. The minimum absolute atomic E-state index is 0.00435. The van der Waals surface area contributed by atoms with Crippen LogP contribution in [0.15, 0.2) is 0 Å². The van der Waals surface area contributed by atoms with Gasteiger partial charge in [-0.1, -0.05) is 33.6 Å². The lowest BCUT2D eigenvalue weighted by molar-refractivity contribution is -0.205. The van der Waals surface area contributed by atoms with Crippen molar-refractivity contribution in [2.24, 2.45) is 5.92 Å². The number of rotatable bonds is 4. The van der Waals surface area contributed by atoms with Gasteiger partial charge in [-0.25, -0.2) is 0 Å². The molecule has 106 valence electrons. The van der Waals surface area contributed by atoms with E-state index in [1.165, 1.54) is 0 Å². The zero-order valence-electron chi connectivity index (χ0n) is 12.2. The molecule has 2 fully saturated rings. The minimum Gasteiger partial charge on any atom is -0.347 e. The minimum atomic E-state index is -0.562. The van der Waals surface area contributed by atoms with E-state index in [2.05, 4.69) is 6.92 Å². The van der Waals surface area contributed by atoms with Crippen LogP contribution in [0, 0.1) is 5.92 Å². The number of ether oxygens (including phenoxy) is 2. The molecule has 2 rings (SSSR count). The number of carbonyl (C=O) groups is 1. The van der Waals surface area contributed by atoms with Crippen LogP contribution >= 0.6 is 0 Å². The van der Waals surface area contributed by atoms with Crippen LogP contribution in [-0.4, -0.2) is 24.8 Å². The summed E-state index contributed by atoms with van der Waals surface area (Å²) < 4.78 is 11.6. The van der Waals surface area contributed by atoms with Gasteiger partial charge in [0.15, 0.2) is 5.79 Å². The van der Waals surface area contributed by atoms with Gasteiger partial charge in [-0.15, -0.1) is 0 Å². The zero-order valence-corrected chi connectivity index (χ0v) is 12.2. The Bertz CT molecular complexity index is 244. The molecule has 18 heavy (non-hydrogen) atoms. The fraction of sp³-hybridized carbons (Fsp3) is 0.933. The molecule has 0 radical (unpaired) electrons. The smallest absolute Gasteiger partial charge is 0.178 e. The molecule has 2 aliphatic rings. The van der Waals surface area contributed by atoms with Crippen LogP contribution in [0.2, 0.25) is 0 Å². The predicted octanol–water partition coefficient (Wildman–Crippen LogP) is 3.71. The molecule has 0 amide bonds. The molecule has 1 saturated carbocycles. The van der Waals surface area contributed by atoms with Crippen molar-refractivity contribution in [3.05, 3.63) is 0 Å². The summed E-state index contributed by atoms with van der Waals surface area (Å²) in [6, 6.07) is 0. The maximum Gasteiger partial charge on any atom is 0.178 e. The van der Waals surface area contributed by atoms with Gasteiger partial charge in [0.25, 0.3) is 0 Å². The number of ketones is 1. The van der Waals surface area contributed by atoms with Crippen molar-refractivity contribution < 1.29 is 14.3 Å². The van der Waals surface area contributed by atoms with Gasteiger partial charge in [0.2, 0.25) is 0 Å². The molecule has 1 aliphatic carbocycles. The SMILES string of the molecule is CC.CCCCC1(C2CCCCC2=O)OCCO1. The van der Waals surface area contributed by atoms with Crippen LogP contribution in [0.1, 0.15) is 65.7 Å². The summed E-state index contributed by atoms with van der Waals surface area (Å²) in [6.45, 7) is 7.45. The van der Waals surface area contributed by atoms with E-state index in [4.69, 9.17) is 9.47 Å². The number of unbranched alkanes of at least 4 members (excludes halogenated alkanes) is 1. The van der Waals surface area contributed by atoms with E-state index < -0.39 is 5.79 Å². The van der Waals surface area contributed by atoms with Gasteiger partial charge in [0.1, 0.15) is 5.78 Å². The first-order valence-electron chi connectivity index (χ1n) is 7.59. The molecule has 1 aliphatic heterocycles. The van der Waals surface area contributed by atoms with E-state index >= 15 is 0 Å². The van der Waals surface area contributed by atoms with Gasteiger partial charge < -0.3 is 9.47 Å². The average Bonchev–Trinajstić information content (AvgIpc) is 2.89. The van der Waals surface area contributed by atoms with Crippen LogP contribution in [0.25, 0.3) is 0 Å². The van der Waals surface area contributed by atoms with Crippen molar-refractivity contribution in [2.75, 3.05) is 13.2 Å². The van der Waals surface area contributed by atoms with Crippen LogP contribution in [0.4, 0.5) is 0 Å². The number of hydrogen-bond acceptors (Lipinski definition) is 3. The van der Waals surface area contributed by atoms with E-state index in [9.17, 15) is 4.79 Å². The molecule has 3 heteroatoms. The molecule has 1 atom stereocenters. The standard InChI is InChI=1S/C13H22O3.C2H6/c1-2-3-8-13(15-9-10-16-13)11-6-4-5-7-12(11)14;1-2/h11H,2-10H2,1H3;1-2H3. The maximum absolute atomic E-state index is 12.0. The fourth-order valence-corrected chi connectivity index (χ4v) is 2.86. The molecule has 1 unspecified atom stereocenters. The van der Waals surface area contributed by atoms with Gasteiger partial charge in [-0.05, 0) is 19.3 Å². The molecule has 0 aromatic carbocycles. The second-order valence-corrected chi connectivity index (χ2v) is 4.88. The fourth-order valence-electron chi connectivity index (χ4n) is 2.86. The van der Waals surface area contributed by atoms with Gasteiger partial charge in [0.05, 0.1) is 19.1 Å². The Labute approximate surface area is 111 Å². The number of carbonyl (C=O) groups excluding carboxylic acids is 1. The maximum atomic E-state index is 12.0. The lowest BCUT2D eigenvalue weighted by atomic mass is 9.80. The largest absolute Gasteiger partial charge is 0.347 e. The monoisotopic (exact) mass is 256 g/mol. The Hall–Kier alpha value is -0.410. The lowest BCUT2D eigenvalue weighted by Crippen LogP contribution is -2.44. The molecule has 3 nitrogen and oxygen atoms in total. The number of Topliss-reactive ketones (excluding diaryl/α,β-unsaturated/α-hetero) is 1. The number of hydrogen-bond donors (Lipinski definition) is 0. The van der Waals surface area contributed by atoms with E-state index in [1.807, 2.05) is 13.8 Å². The molecule has 1 saturated heterocycles. The molecular formula is C15H28O3. The highest BCUT2D eigenvalue weighted by Crippen LogP contribution is 2.39. The van der Waals surface area contributed by atoms with Crippen molar-refractivity contribution in [3.63, 3.8) is 0 Å². The van der Waals surface area contributed by atoms with Crippen molar-refractivity contribution >= 4 is 5.78 Å². The van der Waals surface area contributed by atoms with Crippen molar-refractivity contribution in [1.82, 2.24) is 0 Å². The second kappa shape index (κ2) is 7.90. The van der Waals surface area contributed by atoms with Crippen molar-refractivity contribution in [3.8, 4) is 0 Å². The molecule has 0 bridgehead atoms. The highest BCUT2D eigenvalue weighted by Gasteiger charge is 2.47. The normalized spacial score (nSPS) is 26.6. The first-order chi connectivity index (χ1) is 8.78.